The summed E-state index contributed by atoms with van der Waals surface area (Å²) in [5, 5.41) is 0.943. The highest BCUT2D eigenvalue weighted by molar-refractivity contribution is 6.22. The van der Waals surface area contributed by atoms with Crippen molar-refractivity contribution in [2.24, 2.45) is 11.8 Å². The van der Waals surface area contributed by atoms with Crippen LogP contribution < -0.4 is 0 Å². The Labute approximate surface area is 152 Å². The van der Waals surface area contributed by atoms with Gasteiger partial charge in [0.1, 0.15) is 0 Å². The van der Waals surface area contributed by atoms with E-state index in [9.17, 15) is 14.4 Å². The van der Waals surface area contributed by atoms with Gasteiger partial charge < -0.3 is 9.72 Å². The molecule has 5 heteroatoms. The van der Waals surface area contributed by atoms with E-state index in [1.165, 1.54) is 19.3 Å². The summed E-state index contributed by atoms with van der Waals surface area (Å²) < 4.78 is 5.30. The molecule has 1 N–H and O–H groups in total. The summed E-state index contributed by atoms with van der Waals surface area (Å²) in [7, 11) is 0. The second kappa shape index (κ2) is 7.06. The number of cyclic esters (lactones) is 1. The number of hydrogen-bond donors (Lipinski definition) is 1. The van der Waals surface area contributed by atoms with Gasteiger partial charge in [-0.05, 0) is 24.0 Å². The third-order valence-electron chi connectivity index (χ3n) is 5.73. The standard InChI is InChI=1S/C21H23NO4/c23-17(11-14-12-22-16-9-5-4-8-15(14)16)19-20(24)18(26-21(19)25)10-13-6-2-1-3-7-13/h4-5,8-9,12-13,18-19,22H,1-3,6-7,10-11H2. The fourth-order valence-electron chi connectivity index (χ4n) is 4.32. The van der Waals surface area contributed by atoms with Crippen LogP contribution in [0.2, 0.25) is 0 Å². The predicted molar refractivity (Wildman–Crippen MR) is 96.6 cm³/mol. The molecule has 1 saturated carbocycles. The Kier molecular flexibility index (Phi) is 4.62. The summed E-state index contributed by atoms with van der Waals surface area (Å²) >= 11 is 0. The normalized spacial score (nSPS) is 24.2. The number of rotatable bonds is 5. The molecule has 1 aliphatic carbocycles. The number of ketones is 2. The molecule has 0 spiro atoms. The van der Waals surface area contributed by atoms with E-state index in [0.29, 0.717) is 12.3 Å². The topological polar surface area (TPSA) is 76.2 Å². The monoisotopic (exact) mass is 353 g/mol. The molecule has 0 bridgehead atoms. The number of Topliss-reactive ketones (excluding diaryl/α,β-unsaturated/α-hetero) is 2. The average molecular weight is 353 g/mol. The van der Waals surface area contributed by atoms with Gasteiger partial charge in [0.05, 0.1) is 0 Å². The van der Waals surface area contributed by atoms with E-state index in [4.69, 9.17) is 4.74 Å². The Balaban J connectivity index is 1.45. The minimum atomic E-state index is -1.25. The number of ether oxygens (including phenoxy) is 1. The van der Waals surface area contributed by atoms with Gasteiger partial charge in [-0.2, -0.15) is 0 Å². The lowest BCUT2D eigenvalue weighted by Gasteiger charge is -2.23. The Bertz CT molecular complexity index is 847. The molecule has 0 amide bonds. The highest BCUT2D eigenvalue weighted by atomic mass is 16.6. The highest BCUT2D eigenvalue weighted by Gasteiger charge is 2.47. The molecule has 2 atom stereocenters. The molecule has 2 aliphatic rings. The smallest absolute Gasteiger partial charge is 0.325 e. The maximum absolute atomic E-state index is 12.7. The van der Waals surface area contributed by atoms with Crippen LogP contribution in [0.4, 0.5) is 0 Å². The summed E-state index contributed by atoms with van der Waals surface area (Å²) in [5.41, 5.74) is 1.74. The number of hydrogen-bond acceptors (Lipinski definition) is 4. The van der Waals surface area contributed by atoms with Crippen LogP contribution in [-0.4, -0.2) is 28.6 Å². The minimum absolute atomic E-state index is 0.0612. The third-order valence-corrected chi connectivity index (χ3v) is 5.73. The van der Waals surface area contributed by atoms with Crippen LogP contribution in [0.15, 0.2) is 30.5 Å². The fraction of sp³-hybridized carbons (Fsp3) is 0.476. The molecule has 1 saturated heterocycles. The Morgan fingerprint density at radius 1 is 1.12 bits per heavy atom. The number of nitrogens with one attached hydrogen (secondary N) is 1. The summed E-state index contributed by atoms with van der Waals surface area (Å²) in [6.45, 7) is 0. The zero-order valence-electron chi connectivity index (χ0n) is 14.7. The van der Waals surface area contributed by atoms with Crippen molar-refractivity contribution in [3.05, 3.63) is 36.0 Å². The molecule has 5 nitrogen and oxygen atoms in total. The van der Waals surface area contributed by atoms with Crippen molar-refractivity contribution in [3.8, 4) is 0 Å². The van der Waals surface area contributed by atoms with E-state index in [1.54, 1.807) is 6.20 Å². The summed E-state index contributed by atoms with van der Waals surface area (Å²) in [4.78, 5) is 40.6. The molecule has 26 heavy (non-hydrogen) atoms. The van der Waals surface area contributed by atoms with Gasteiger partial charge >= 0.3 is 5.97 Å². The van der Waals surface area contributed by atoms with Crippen LogP contribution >= 0.6 is 0 Å². The number of carbonyl (C=O) groups is 3. The van der Waals surface area contributed by atoms with Gasteiger partial charge in [-0.25, -0.2) is 0 Å². The number of aromatic amines is 1. The van der Waals surface area contributed by atoms with Crippen LogP contribution in [0.5, 0.6) is 0 Å². The maximum Gasteiger partial charge on any atom is 0.325 e. The largest absolute Gasteiger partial charge is 0.453 e. The highest BCUT2D eigenvalue weighted by Crippen LogP contribution is 2.32. The van der Waals surface area contributed by atoms with E-state index >= 15 is 0 Å². The number of aromatic nitrogens is 1. The van der Waals surface area contributed by atoms with Crippen LogP contribution in [-0.2, 0) is 25.5 Å². The number of carbonyl (C=O) groups excluding carboxylic acids is 3. The molecule has 1 aliphatic heterocycles. The second-order valence-corrected chi connectivity index (χ2v) is 7.50. The Morgan fingerprint density at radius 2 is 1.88 bits per heavy atom. The summed E-state index contributed by atoms with van der Waals surface area (Å²) in [6, 6.07) is 7.67. The van der Waals surface area contributed by atoms with Gasteiger partial charge in [0.15, 0.2) is 23.6 Å². The maximum atomic E-state index is 12.7. The minimum Gasteiger partial charge on any atom is -0.453 e. The van der Waals surface area contributed by atoms with E-state index in [2.05, 4.69) is 4.98 Å². The lowest BCUT2D eigenvalue weighted by Crippen LogP contribution is -2.30. The van der Waals surface area contributed by atoms with Gasteiger partial charge in [-0.3, -0.25) is 14.4 Å². The first-order chi connectivity index (χ1) is 12.6. The molecular formula is C21H23NO4. The predicted octanol–water partition coefficient (Wildman–Crippen LogP) is 3.36. The molecular weight excluding hydrogens is 330 g/mol. The molecule has 2 fully saturated rings. The fourth-order valence-corrected chi connectivity index (χ4v) is 4.32. The lowest BCUT2D eigenvalue weighted by molar-refractivity contribution is -0.147. The van der Waals surface area contributed by atoms with Gasteiger partial charge in [0.25, 0.3) is 0 Å². The van der Waals surface area contributed by atoms with Gasteiger partial charge in [-0.1, -0.05) is 50.3 Å². The molecule has 2 heterocycles. The van der Waals surface area contributed by atoms with Crippen molar-refractivity contribution in [2.45, 2.75) is 51.0 Å². The van der Waals surface area contributed by atoms with Crippen LogP contribution in [0.1, 0.15) is 44.1 Å². The lowest BCUT2D eigenvalue weighted by atomic mass is 9.83. The number of H-pyrrole nitrogens is 1. The molecule has 2 aromatic rings. The number of para-hydroxylation sites is 1. The average Bonchev–Trinajstić information content (AvgIpc) is 3.17. The quantitative estimate of drug-likeness (QED) is 0.660. The van der Waals surface area contributed by atoms with Crippen LogP contribution in [0.25, 0.3) is 10.9 Å². The number of fused-ring (bicyclic) bond motifs is 1. The van der Waals surface area contributed by atoms with E-state index in [1.807, 2.05) is 24.3 Å². The molecule has 1 aromatic carbocycles. The van der Waals surface area contributed by atoms with Gasteiger partial charge in [0.2, 0.25) is 0 Å². The van der Waals surface area contributed by atoms with Crippen LogP contribution in [0, 0.1) is 11.8 Å². The zero-order chi connectivity index (χ0) is 18.1. The van der Waals surface area contributed by atoms with Crippen molar-refractivity contribution < 1.29 is 19.1 Å². The zero-order valence-corrected chi connectivity index (χ0v) is 14.7. The second-order valence-electron chi connectivity index (χ2n) is 7.50. The van der Waals surface area contributed by atoms with Crippen molar-refractivity contribution in [1.82, 2.24) is 4.98 Å². The first kappa shape index (κ1) is 17.0. The SMILES string of the molecule is O=C(Cc1c[nH]c2ccccc12)C1C(=O)OC(CC2CCCCC2)C1=O. The Morgan fingerprint density at radius 3 is 2.69 bits per heavy atom. The van der Waals surface area contributed by atoms with Gasteiger partial charge in [0, 0.05) is 23.5 Å². The van der Waals surface area contributed by atoms with E-state index in [0.717, 1.165) is 29.3 Å². The van der Waals surface area contributed by atoms with E-state index < -0.39 is 18.0 Å². The van der Waals surface area contributed by atoms with Gasteiger partial charge in [-0.15, -0.1) is 0 Å². The summed E-state index contributed by atoms with van der Waals surface area (Å²) in [6.07, 6.45) is 7.40. The van der Waals surface area contributed by atoms with Crippen molar-refractivity contribution in [2.75, 3.05) is 0 Å². The molecule has 4 rings (SSSR count). The van der Waals surface area contributed by atoms with Crippen molar-refractivity contribution >= 4 is 28.4 Å². The number of benzene rings is 1. The number of esters is 1. The third kappa shape index (κ3) is 3.18. The molecule has 2 unspecified atom stereocenters. The summed E-state index contributed by atoms with van der Waals surface area (Å²) in [5.74, 6) is -2.20. The molecule has 136 valence electrons. The first-order valence-corrected chi connectivity index (χ1v) is 9.45. The van der Waals surface area contributed by atoms with E-state index in [-0.39, 0.29) is 18.0 Å². The van der Waals surface area contributed by atoms with Crippen molar-refractivity contribution in [3.63, 3.8) is 0 Å². The molecule has 0 radical (unpaired) electrons. The first-order valence-electron chi connectivity index (χ1n) is 9.45. The van der Waals surface area contributed by atoms with Crippen LogP contribution in [0.3, 0.4) is 0 Å². The van der Waals surface area contributed by atoms with Crippen molar-refractivity contribution in [1.29, 1.82) is 0 Å². The Hall–Kier alpha value is -2.43. The molecule has 1 aromatic heterocycles.